The number of hydrogen-bond donors (Lipinski definition) is 1. The molecule has 0 bridgehead atoms. The maximum Gasteiger partial charge on any atom is 0.0276 e. The van der Waals surface area contributed by atoms with Crippen LogP contribution in [0.4, 0.5) is 0 Å². The van der Waals surface area contributed by atoms with Crippen LogP contribution in [0.25, 0.3) is 0 Å². The van der Waals surface area contributed by atoms with E-state index in [2.05, 4.69) is 42.2 Å². The smallest absolute Gasteiger partial charge is 0.0276 e. The molecule has 0 saturated heterocycles. The van der Waals surface area contributed by atoms with E-state index in [-0.39, 0.29) is 0 Å². The molecule has 0 saturated carbocycles. The van der Waals surface area contributed by atoms with E-state index >= 15 is 0 Å². The van der Waals surface area contributed by atoms with E-state index < -0.39 is 0 Å². The average molecular weight is 257 g/mol. The fourth-order valence-corrected chi connectivity index (χ4v) is 3.37. The number of thioether (sulfide) groups is 1. The largest absolute Gasteiger partial charge is 0.315 e. The van der Waals surface area contributed by atoms with Gasteiger partial charge in [-0.3, -0.25) is 0 Å². The van der Waals surface area contributed by atoms with Crippen molar-refractivity contribution in [3.05, 3.63) is 22.4 Å². The first-order chi connectivity index (χ1) is 7.76. The summed E-state index contributed by atoms with van der Waals surface area (Å²) in [5.41, 5.74) is 1.46. The number of thiophene rings is 1. The first kappa shape index (κ1) is 14.1. The molecule has 3 heteroatoms. The Labute approximate surface area is 108 Å². The fraction of sp³-hybridized carbons (Fsp3) is 0.692. The van der Waals surface area contributed by atoms with Gasteiger partial charge in [0.25, 0.3) is 0 Å². The molecule has 0 aromatic carbocycles. The molecule has 1 nitrogen and oxygen atoms in total. The van der Waals surface area contributed by atoms with E-state index in [1.54, 1.807) is 11.3 Å². The van der Waals surface area contributed by atoms with Crippen LogP contribution < -0.4 is 5.32 Å². The first-order valence-electron chi connectivity index (χ1n) is 6.03. The Kier molecular flexibility index (Phi) is 6.47. The van der Waals surface area contributed by atoms with E-state index in [4.69, 9.17) is 0 Å². The summed E-state index contributed by atoms with van der Waals surface area (Å²) in [5, 5.41) is 7.99. The highest BCUT2D eigenvalue weighted by molar-refractivity contribution is 8.00. The molecule has 16 heavy (non-hydrogen) atoms. The van der Waals surface area contributed by atoms with Gasteiger partial charge in [-0.15, -0.1) is 0 Å². The summed E-state index contributed by atoms with van der Waals surface area (Å²) in [6, 6.07) is 2.22. The second-order valence-corrected chi connectivity index (χ2v) is 6.21. The number of nitrogens with one attached hydrogen (secondary N) is 1. The summed E-state index contributed by atoms with van der Waals surface area (Å²) < 4.78 is 0.439. The van der Waals surface area contributed by atoms with Crippen LogP contribution in [-0.2, 0) is 6.42 Å². The van der Waals surface area contributed by atoms with Crippen LogP contribution in [0.3, 0.4) is 0 Å². The van der Waals surface area contributed by atoms with Crippen LogP contribution in [-0.4, -0.2) is 24.1 Å². The standard InChI is InChI=1S/C13H23NS2/c1-4-13(5-2,15-3)11-14-8-6-12-7-9-16-10-12/h7,9-10,14H,4-6,8,11H2,1-3H3. The van der Waals surface area contributed by atoms with Gasteiger partial charge >= 0.3 is 0 Å². The van der Waals surface area contributed by atoms with Gasteiger partial charge in [-0.2, -0.15) is 23.1 Å². The van der Waals surface area contributed by atoms with Crippen molar-refractivity contribution < 1.29 is 0 Å². The minimum Gasteiger partial charge on any atom is -0.315 e. The third-order valence-electron chi connectivity index (χ3n) is 3.34. The third kappa shape index (κ3) is 4.11. The molecular weight excluding hydrogens is 234 g/mol. The van der Waals surface area contributed by atoms with Crippen LogP contribution in [0.5, 0.6) is 0 Å². The third-order valence-corrected chi connectivity index (χ3v) is 5.66. The molecule has 1 rings (SSSR count). The zero-order valence-electron chi connectivity index (χ0n) is 10.6. The first-order valence-corrected chi connectivity index (χ1v) is 8.20. The van der Waals surface area contributed by atoms with Crippen molar-refractivity contribution in [1.29, 1.82) is 0 Å². The summed E-state index contributed by atoms with van der Waals surface area (Å²) in [6.45, 7) is 6.81. The molecule has 0 aliphatic heterocycles. The zero-order valence-corrected chi connectivity index (χ0v) is 12.2. The van der Waals surface area contributed by atoms with Crippen molar-refractivity contribution in [1.82, 2.24) is 5.32 Å². The molecule has 0 amide bonds. The van der Waals surface area contributed by atoms with Crippen LogP contribution in [0.1, 0.15) is 32.3 Å². The van der Waals surface area contributed by atoms with Gasteiger partial charge in [0.2, 0.25) is 0 Å². The lowest BCUT2D eigenvalue weighted by molar-refractivity contribution is 0.497. The molecule has 0 unspecified atom stereocenters. The van der Waals surface area contributed by atoms with E-state index in [1.807, 2.05) is 11.8 Å². The molecule has 92 valence electrons. The molecule has 0 aliphatic carbocycles. The van der Waals surface area contributed by atoms with E-state index in [0.717, 1.165) is 19.5 Å². The Bertz CT molecular complexity index is 257. The monoisotopic (exact) mass is 257 g/mol. The van der Waals surface area contributed by atoms with Gasteiger partial charge in [0.05, 0.1) is 0 Å². The summed E-state index contributed by atoms with van der Waals surface area (Å²) in [5.74, 6) is 0. The lowest BCUT2D eigenvalue weighted by atomic mass is 10.0. The average Bonchev–Trinajstić information content (AvgIpc) is 2.83. The summed E-state index contributed by atoms with van der Waals surface area (Å²) in [7, 11) is 0. The van der Waals surface area contributed by atoms with Gasteiger partial charge in [0.1, 0.15) is 0 Å². The van der Waals surface area contributed by atoms with Crippen LogP contribution >= 0.6 is 23.1 Å². The summed E-state index contributed by atoms with van der Waals surface area (Å²) >= 11 is 3.79. The Hall–Kier alpha value is 0.01000. The van der Waals surface area contributed by atoms with E-state index in [0.29, 0.717) is 4.75 Å². The predicted molar refractivity (Wildman–Crippen MR) is 77.7 cm³/mol. The van der Waals surface area contributed by atoms with Gasteiger partial charge < -0.3 is 5.32 Å². The van der Waals surface area contributed by atoms with E-state index in [1.165, 1.54) is 18.4 Å². The molecule has 1 aromatic heterocycles. The molecule has 0 spiro atoms. The maximum atomic E-state index is 3.60. The van der Waals surface area contributed by atoms with Crippen LogP contribution in [0.2, 0.25) is 0 Å². The van der Waals surface area contributed by atoms with Crippen molar-refractivity contribution in [2.45, 2.75) is 37.9 Å². The second-order valence-electron chi connectivity index (χ2n) is 4.15. The van der Waals surface area contributed by atoms with Crippen molar-refractivity contribution >= 4 is 23.1 Å². The Morgan fingerprint density at radius 1 is 1.38 bits per heavy atom. The SMILES string of the molecule is CCC(CC)(CNCCc1ccsc1)SC. The molecule has 0 aliphatic rings. The van der Waals surface area contributed by atoms with Crippen LogP contribution in [0, 0.1) is 0 Å². The minimum absolute atomic E-state index is 0.439. The molecule has 0 fully saturated rings. The summed E-state index contributed by atoms with van der Waals surface area (Å²) in [4.78, 5) is 0. The van der Waals surface area contributed by atoms with Gasteiger partial charge in [0, 0.05) is 11.3 Å². The Balaban J connectivity index is 2.23. The molecule has 1 heterocycles. The second kappa shape index (κ2) is 7.36. The highest BCUT2D eigenvalue weighted by Gasteiger charge is 2.23. The van der Waals surface area contributed by atoms with Crippen molar-refractivity contribution in [3.63, 3.8) is 0 Å². The molecule has 0 radical (unpaired) electrons. The normalized spacial score (nSPS) is 11.9. The number of hydrogen-bond acceptors (Lipinski definition) is 3. The van der Waals surface area contributed by atoms with Crippen molar-refractivity contribution in [3.8, 4) is 0 Å². The molecule has 1 N–H and O–H groups in total. The van der Waals surface area contributed by atoms with Gasteiger partial charge in [0.15, 0.2) is 0 Å². The fourth-order valence-electron chi connectivity index (χ4n) is 1.84. The van der Waals surface area contributed by atoms with Gasteiger partial charge in [-0.1, -0.05) is 13.8 Å². The quantitative estimate of drug-likeness (QED) is 0.711. The predicted octanol–water partition coefficient (Wildman–Crippen LogP) is 3.80. The Morgan fingerprint density at radius 2 is 2.12 bits per heavy atom. The molecule has 0 atom stereocenters. The van der Waals surface area contributed by atoms with Crippen molar-refractivity contribution in [2.75, 3.05) is 19.3 Å². The topological polar surface area (TPSA) is 12.0 Å². The highest BCUT2D eigenvalue weighted by atomic mass is 32.2. The van der Waals surface area contributed by atoms with Crippen molar-refractivity contribution in [2.24, 2.45) is 0 Å². The zero-order chi connectivity index (χ0) is 11.9. The number of rotatable bonds is 8. The Morgan fingerprint density at radius 3 is 2.62 bits per heavy atom. The molecular formula is C13H23NS2. The maximum absolute atomic E-state index is 3.60. The molecule has 1 aromatic rings. The van der Waals surface area contributed by atoms with Gasteiger partial charge in [-0.05, 0) is 54.5 Å². The minimum atomic E-state index is 0.439. The lowest BCUT2D eigenvalue weighted by Crippen LogP contribution is -2.37. The lowest BCUT2D eigenvalue weighted by Gasteiger charge is -2.30. The van der Waals surface area contributed by atoms with Crippen LogP contribution in [0.15, 0.2) is 16.8 Å². The highest BCUT2D eigenvalue weighted by Crippen LogP contribution is 2.29. The summed E-state index contributed by atoms with van der Waals surface area (Å²) in [6.07, 6.45) is 5.88. The van der Waals surface area contributed by atoms with E-state index in [9.17, 15) is 0 Å². The van der Waals surface area contributed by atoms with Gasteiger partial charge in [-0.25, -0.2) is 0 Å².